The van der Waals surface area contributed by atoms with Crippen molar-refractivity contribution in [3.63, 3.8) is 0 Å². The van der Waals surface area contributed by atoms with Gasteiger partial charge in [-0.3, -0.25) is 0 Å². The van der Waals surface area contributed by atoms with Crippen molar-refractivity contribution in [3.8, 4) is 0 Å². The topological polar surface area (TPSA) is 58.5 Å². The van der Waals surface area contributed by atoms with Crippen molar-refractivity contribution in [2.45, 2.75) is 26.7 Å². The summed E-state index contributed by atoms with van der Waals surface area (Å²) >= 11 is 0. The molecule has 1 aromatic carbocycles. The molecule has 1 N–H and O–H groups in total. The molecule has 0 aliphatic heterocycles. The molecule has 0 atom stereocenters. The number of hydrogen-bond donors (Lipinski definition) is 1. The Bertz CT molecular complexity index is 570. The van der Waals surface area contributed by atoms with Crippen LogP contribution >= 0.6 is 0 Å². The van der Waals surface area contributed by atoms with Gasteiger partial charge in [-0.05, 0) is 29.5 Å². The molecule has 0 aromatic heterocycles. The zero-order valence-electron chi connectivity index (χ0n) is 11.7. The van der Waals surface area contributed by atoms with Crippen molar-refractivity contribution < 1.29 is 8.42 Å². The maximum atomic E-state index is 10.8. The van der Waals surface area contributed by atoms with Gasteiger partial charge in [0.15, 0.2) is 0 Å². The van der Waals surface area contributed by atoms with Crippen molar-refractivity contribution in [1.82, 2.24) is 4.83 Å². The maximum Gasteiger partial charge on any atom is 0.244 e. The Morgan fingerprint density at radius 3 is 2.32 bits per heavy atom. The van der Waals surface area contributed by atoms with E-state index in [-0.39, 0.29) is 0 Å². The largest absolute Gasteiger partial charge is 0.244 e. The van der Waals surface area contributed by atoms with E-state index >= 15 is 0 Å². The van der Waals surface area contributed by atoms with Crippen molar-refractivity contribution in [1.29, 1.82) is 0 Å². The average Bonchev–Trinajstić information content (AvgIpc) is 2.27. The van der Waals surface area contributed by atoms with Gasteiger partial charge in [0.2, 0.25) is 10.0 Å². The number of nitrogens with zero attached hydrogens (tertiary/aromatic N) is 1. The van der Waals surface area contributed by atoms with Crippen LogP contribution in [0.1, 0.15) is 37.8 Å². The minimum atomic E-state index is -3.28. The smallest absolute Gasteiger partial charge is 0.206 e. The quantitative estimate of drug-likeness (QED) is 0.666. The molecule has 0 aliphatic rings. The Morgan fingerprint density at radius 1 is 1.26 bits per heavy atom. The number of hydrazone groups is 1. The molecule has 0 amide bonds. The van der Waals surface area contributed by atoms with Gasteiger partial charge in [0, 0.05) is 0 Å². The first-order valence-corrected chi connectivity index (χ1v) is 7.95. The van der Waals surface area contributed by atoms with Crippen LogP contribution in [0.5, 0.6) is 0 Å². The van der Waals surface area contributed by atoms with Gasteiger partial charge < -0.3 is 0 Å². The summed E-state index contributed by atoms with van der Waals surface area (Å²) in [5, 5.41) is 3.65. The van der Waals surface area contributed by atoms with E-state index in [2.05, 4.69) is 35.9 Å². The molecular formula is C14H20N2O2S. The summed E-state index contributed by atoms with van der Waals surface area (Å²) in [6.45, 7) is 6.17. The van der Waals surface area contributed by atoms with Crippen LogP contribution in [0.3, 0.4) is 0 Å². The minimum Gasteiger partial charge on any atom is -0.206 e. The van der Waals surface area contributed by atoms with Crippen LogP contribution in [0.4, 0.5) is 0 Å². The average molecular weight is 280 g/mol. The van der Waals surface area contributed by atoms with Gasteiger partial charge in [-0.15, -0.1) is 0 Å². The second kappa shape index (κ2) is 6.52. The van der Waals surface area contributed by atoms with Gasteiger partial charge in [0.25, 0.3) is 0 Å². The van der Waals surface area contributed by atoms with E-state index in [1.54, 1.807) is 0 Å². The van der Waals surface area contributed by atoms with Crippen LogP contribution in [-0.2, 0) is 10.0 Å². The second-order valence-corrected chi connectivity index (χ2v) is 6.56. The molecule has 4 nitrogen and oxygen atoms in total. The summed E-state index contributed by atoms with van der Waals surface area (Å²) < 4.78 is 21.7. The fraction of sp³-hybridized carbons (Fsp3) is 0.357. The summed E-state index contributed by atoms with van der Waals surface area (Å²) in [6.07, 6.45) is 4.49. The van der Waals surface area contributed by atoms with E-state index in [0.717, 1.165) is 17.4 Å². The van der Waals surface area contributed by atoms with Crippen LogP contribution in [0.25, 0.3) is 6.08 Å². The highest BCUT2D eigenvalue weighted by Crippen LogP contribution is 2.15. The molecule has 5 heteroatoms. The van der Waals surface area contributed by atoms with E-state index < -0.39 is 10.0 Å². The van der Waals surface area contributed by atoms with E-state index in [1.165, 1.54) is 11.8 Å². The molecule has 0 fully saturated rings. The lowest BCUT2D eigenvalue weighted by Gasteiger charge is -2.05. The standard InChI is InChI=1S/C14H20N2O2S/c1-11(2)14-7-5-13(6-8-14)9-12(3)10-15-16-19(4,17)18/h5-11,16H,1-4H3/b12-9+,15-10-. The number of benzene rings is 1. The van der Waals surface area contributed by atoms with Crippen molar-refractivity contribution in [3.05, 3.63) is 41.0 Å². The van der Waals surface area contributed by atoms with Gasteiger partial charge >= 0.3 is 0 Å². The molecule has 0 heterocycles. The SMILES string of the molecule is CC(/C=N\NS(C)(=O)=O)=C\c1ccc(C(C)C)cc1. The normalized spacial score (nSPS) is 13.2. The predicted molar refractivity (Wildman–Crippen MR) is 80.7 cm³/mol. The first kappa shape index (κ1) is 15.4. The lowest BCUT2D eigenvalue weighted by molar-refractivity contribution is 0.591. The van der Waals surface area contributed by atoms with Gasteiger partial charge in [0.05, 0.1) is 12.5 Å². The molecule has 0 saturated carbocycles. The van der Waals surface area contributed by atoms with Gasteiger partial charge in [-0.25, -0.2) is 13.2 Å². The first-order chi connectivity index (χ1) is 8.78. The molecule has 19 heavy (non-hydrogen) atoms. The fourth-order valence-corrected chi connectivity index (χ4v) is 1.75. The van der Waals surface area contributed by atoms with E-state index in [9.17, 15) is 8.42 Å². The van der Waals surface area contributed by atoms with Crippen molar-refractivity contribution in [2.24, 2.45) is 5.10 Å². The highest BCUT2D eigenvalue weighted by Gasteiger charge is 1.98. The third kappa shape index (κ3) is 6.20. The minimum absolute atomic E-state index is 0.514. The third-order valence-electron chi connectivity index (χ3n) is 2.48. The molecular weight excluding hydrogens is 260 g/mol. The van der Waals surface area contributed by atoms with Gasteiger partial charge in [-0.1, -0.05) is 44.2 Å². The van der Waals surface area contributed by atoms with Crippen LogP contribution < -0.4 is 4.83 Å². The van der Waals surface area contributed by atoms with Gasteiger partial charge in [0.1, 0.15) is 0 Å². The Hall–Kier alpha value is -1.62. The maximum absolute atomic E-state index is 10.8. The first-order valence-electron chi connectivity index (χ1n) is 6.06. The summed E-state index contributed by atoms with van der Waals surface area (Å²) in [7, 11) is -3.28. The summed E-state index contributed by atoms with van der Waals surface area (Å²) in [5.41, 5.74) is 3.23. The third-order valence-corrected chi connectivity index (χ3v) is 2.92. The lowest BCUT2D eigenvalue weighted by atomic mass is 10.0. The summed E-state index contributed by atoms with van der Waals surface area (Å²) in [6, 6.07) is 8.26. The predicted octanol–water partition coefficient (Wildman–Crippen LogP) is 2.75. The number of nitrogens with one attached hydrogen (secondary N) is 1. The highest BCUT2D eigenvalue weighted by atomic mass is 32.2. The molecule has 0 unspecified atom stereocenters. The van der Waals surface area contributed by atoms with Crippen LogP contribution in [-0.4, -0.2) is 20.9 Å². The number of sulfonamides is 1. The van der Waals surface area contributed by atoms with Gasteiger partial charge in [-0.2, -0.15) is 5.10 Å². The molecule has 1 rings (SSSR count). The van der Waals surface area contributed by atoms with E-state index in [0.29, 0.717) is 5.92 Å². The van der Waals surface area contributed by atoms with E-state index in [4.69, 9.17) is 0 Å². The Kier molecular flexibility index (Phi) is 5.30. The molecule has 0 spiro atoms. The molecule has 104 valence electrons. The fourth-order valence-electron chi connectivity index (χ4n) is 1.50. The number of rotatable bonds is 5. The molecule has 1 aromatic rings. The zero-order valence-corrected chi connectivity index (χ0v) is 12.5. The zero-order chi connectivity index (χ0) is 14.5. The highest BCUT2D eigenvalue weighted by molar-refractivity contribution is 7.88. The monoisotopic (exact) mass is 280 g/mol. The molecule has 0 aliphatic carbocycles. The lowest BCUT2D eigenvalue weighted by Crippen LogP contribution is -2.15. The Morgan fingerprint density at radius 2 is 1.84 bits per heavy atom. The number of allylic oxidation sites excluding steroid dienone is 1. The van der Waals surface area contributed by atoms with E-state index in [1.807, 2.05) is 25.1 Å². The van der Waals surface area contributed by atoms with Crippen LogP contribution in [0.15, 0.2) is 34.9 Å². The van der Waals surface area contributed by atoms with Crippen LogP contribution in [0.2, 0.25) is 0 Å². The molecule has 0 bridgehead atoms. The Labute approximate surface area is 115 Å². The second-order valence-electron chi connectivity index (χ2n) is 4.83. The van der Waals surface area contributed by atoms with Crippen molar-refractivity contribution >= 4 is 22.3 Å². The number of hydrogen-bond acceptors (Lipinski definition) is 3. The van der Waals surface area contributed by atoms with Crippen molar-refractivity contribution in [2.75, 3.05) is 6.26 Å². The summed E-state index contributed by atoms with van der Waals surface area (Å²) in [5.74, 6) is 0.514. The molecule has 0 saturated heterocycles. The Balaban J connectivity index is 2.73. The van der Waals surface area contributed by atoms with Crippen LogP contribution in [0, 0.1) is 0 Å². The summed E-state index contributed by atoms with van der Waals surface area (Å²) in [4.78, 5) is 2.06. The molecule has 0 radical (unpaired) electrons.